The van der Waals surface area contributed by atoms with E-state index in [2.05, 4.69) is 24.5 Å². The van der Waals surface area contributed by atoms with Crippen molar-refractivity contribution in [2.24, 2.45) is 0 Å². The van der Waals surface area contributed by atoms with Gasteiger partial charge in [-0.3, -0.25) is 0 Å². The first-order valence-corrected chi connectivity index (χ1v) is 9.88. The van der Waals surface area contributed by atoms with Crippen molar-refractivity contribution >= 4 is 15.9 Å². The first kappa shape index (κ1) is 19.5. The van der Waals surface area contributed by atoms with Gasteiger partial charge in [-0.15, -0.1) is 0 Å². The van der Waals surface area contributed by atoms with E-state index in [9.17, 15) is 13.2 Å². The molecule has 6 heteroatoms. The second-order valence-electron chi connectivity index (χ2n) is 6.75. The average molecular weight is 340 g/mol. The SMILES string of the molecule is C[C@H](CCS(C)(=O)=O)NC(=O)N[C@H](C)C(C)(C)c1ccccc1. The Morgan fingerprint density at radius 3 is 2.22 bits per heavy atom. The third-order valence-corrected chi connectivity index (χ3v) is 5.22. The highest BCUT2D eigenvalue weighted by Gasteiger charge is 2.29. The summed E-state index contributed by atoms with van der Waals surface area (Å²) in [6.07, 6.45) is 1.60. The molecule has 0 unspecified atom stereocenters. The second-order valence-corrected chi connectivity index (χ2v) is 9.01. The molecule has 5 nitrogen and oxygen atoms in total. The van der Waals surface area contributed by atoms with E-state index in [0.29, 0.717) is 6.42 Å². The number of urea groups is 1. The van der Waals surface area contributed by atoms with Crippen LogP contribution in [0.3, 0.4) is 0 Å². The van der Waals surface area contributed by atoms with E-state index in [1.807, 2.05) is 37.3 Å². The molecule has 23 heavy (non-hydrogen) atoms. The third kappa shape index (κ3) is 6.60. The van der Waals surface area contributed by atoms with Crippen LogP contribution >= 0.6 is 0 Å². The molecule has 0 saturated carbocycles. The highest BCUT2D eigenvalue weighted by atomic mass is 32.2. The molecule has 2 amide bonds. The number of nitrogens with one attached hydrogen (secondary N) is 2. The molecule has 0 heterocycles. The van der Waals surface area contributed by atoms with E-state index in [4.69, 9.17) is 0 Å². The molecule has 0 aliphatic heterocycles. The van der Waals surface area contributed by atoms with Crippen molar-refractivity contribution in [2.75, 3.05) is 12.0 Å². The Morgan fingerprint density at radius 2 is 1.70 bits per heavy atom. The summed E-state index contributed by atoms with van der Waals surface area (Å²) in [7, 11) is -3.01. The van der Waals surface area contributed by atoms with Gasteiger partial charge in [0, 0.05) is 23.8 Å². The highest BCUT2D eigenvalue weighted by molar-refractivity contribution is 7.90. The summed E-state index contributed by atoms with van der Waals surface area (Å²) in [5, 5.41) is 5.74. The van der Waals surface area contributed by atoms with Crippen LogP contribution in [-0.4, -0.2) is 38.5 Å². The molecular weight excluding hydrogens is 312 g/mol. The predicted molar refractivity (Wildman–Crippen MR) is 94.4 cm³/mol. The standard InChI is InChI=1S/C17H28N2O3S/c1-13(11-12-23(5,21)22)18-16(20)19-14(2)17(3,4)15-9-7-6-8-10-15/h6-10,13-14H,11-12H2,1-5H3,(H2,18,19,20)/t13-,14-/m1/s1. The molecule has 1 aromatic rings. The largest absolute Gasteiger partial charge is 0.336 e. The fraction of sp³-hybridized carbons (Fsp3) is 0.588. The lowest BCUT2D eigenvalue weighted by atomic mass is 9.78. The lowest BCUT2D eigenvalue weighted by Crippen LogP contribution is -2.51. The summed E-state index contributed by atoms with van der Waals surface area (Å²) in [5.41, 5.74) is 0.937. The first-order valence-electron chi connectivity index (χ1n) is 7.82. The van der Waals surface area contributed by atoms with Crippen LogP contribution in [0.5, 0.6) is 0 Å². The van der Waals surface area contributed by atoms with Crippen molar-refractivity contribution in [3.05, 3.63) is 35.9 Å². The molecular formula is C17H28N2O3S. The number of hydrogen-bond donors (Lipinski definition) is 2. The van der Waals surface area contributed by atoms with Gasteiger partial charge >= 0.3 is 6.03 Å². The van der Waals surface area contributed by atoms with Gasteiger partial charge in [-0.05, 0) is 25.8 Å². The Bertz CT molecular complexity index is 612. The van der Waals surface area contributed by atoms with E-state index in [1.54, 1.807) is 6.92 Å². The molecule has 0 saturated heterocycles. The summed E-state index contributed by atoms with van der Waals surface area (Å²) in [5.74, 6) is 0.0690. The van der Waals surface area contributed by atoms with Crippen molar-refractivity contribution < 1.29 is 13.2 Å². The zero-order chi connectivity index (χ0) is 17.7. The van der Waals surface area contributed by atoms with Crippen molar-refractivity contribution in [3.63, 3.8) is 0 Å². The van der Waals surface area contributed by atoms with Crippen molar-refractivity contribution in [1.29, 1.82) is 0 Å². The molecule has 130 valence electrons. The number of rotatable bonds is 7. The van der Waals surface area contributed by atoms with E-state index in [0.717, 1.165) is 5.56 Å². The van der Waals surface area contributed by atoms with Gasteiger partial charge in [0.05, 0.1) is 5.75 Å². The third-order valence-electron chi connectivity index (χ3n) is 4.25. The number of sulfone groups is 1. The van der Waals surface area contributed by atoms with E-state index in [1.165, 1.54) is 6.26 Å². The molecule has 2 N–H and O–H groups in total. The maximum atomic E-state index is 12.1. The van der Waals surface area contributed by atoms with Crippen molar-refractivity contribution in [1.82, 2.24) is 10.6 Å². The molecule has 1 aromatic carbocycles. The number of carbonyl (C=O) groups is 1. The lowest BCUT2D eigenvalue weighted by Gasteiger charge is -2.33. The Kier molecular flexibility index (Phi) is 6.62. The van der Waals surface area contributed by atoms with Crippen LogP contribution in [0, 0.1) is 0 Å². The summed E-state index contributed by atoms with van der Waals surface area (Å²) in [4.78, 5) is 12.1. The molecule has 2 atom stereocenters. The minimum atomic E-state index is -3.01. The van der Waals surface area contributed by atoms with Crippen LogP contribution in [0.25, 0.3) is 0 Å². The van der Waals surface area contributed by atoms with Gasteiger partial charge in [-0.2, -0.15) is 0 Å². The van der Waals surface area contributed by atoms with Gasteiger partial charge in [0.1, 0.15) is 9.84 Å². The van der Waals surface area contributed by atoms with Crippen LogP contribution in [0.4, 0.5) is 4.79 Å². The molecule has 0 aliphatic carbocycles. The summed E-state index contributed by atoms with van der Waals surface area (Å²) < 4.78 is 22.3. The average Bonchev–Trinajstić information content (AvgIpc) is 2.45. The number of amides is 2. The van der Waals surface area contributed by atoms with Gasteiger partial charge in [-0.1, -0.05) is 44.2 Å². The van der Waals surface area contributed by atoms with E-state index < -0.39 is 9.84 Å². The Hall–Kier alpha value is -1.56. The Morgan fingerprint density at radius 1 is 1.13 bits per heavy atom. The zero-order valence-electron chi connectivity index (χ0n) is 14.6. The maximum absolute atomic E-state index is 12.1. The summed E-state index contributed by atoms with van der Waals surface area (Å²) in [6, 6.07) is 9.48. The number of hydrogen-bond acceptors (Lipinski definition) is 3. The second kappa shape index (κ2) is 7.81. The fourth-order valence-electron chi connectivity index (χ4n) is 2.22. The van der Waals surface area contributed by atoms with E-state index >= 15 is 0 Å². The number of carbonyl (C=O) groups excluding carboxylic acids is 1. The fourth-order valence-corrected chi connectivity index (χ4v) is 3.00. The number of benzene rings is 1. The maximum Gasteiger partial charge on any atom is 0.315 e. The van der Waals surface area contributed by atoms with E-state index in [-0.39, 0.29) is 29.3 Å². The smallest absolute Gasteiger partial charge is 0.315 e. The van der Waals surface area contributed by atoms with Crippen LogP contribution in [-0.2, 0) is 15.3 Å². The van der Waals surface area contributed by atoms with Crippen molar-refractivity contribution in [3.8, 4) is 0 Å². The topological polar surface area (TPSA) is 75.3 Å². The first-order chi connectivity index (χ1) is 10.5. The molecule has 0 fully saturated rings. The lowest BCUT2D eigenvalue weighted by molar-refractivity contribution is 0.228. The Labute approximate surface area is 139 Å². The molecule has 1 rings (SSSR count). The molecule has 0 radical (unpaired) electrons. The quantitative estimate of drug-likeness (QED) is 0.801. The molecule has 0 bridgehead atoms. The highest BCUT2D eigenvalue weighted by Crippen LogP contribution is 2.26. The molecule has 0 aromatic heterocycles. The molecule has 0 aliphatic rings. The molecule has 0 spiro atoms. The van der Waals surface area contributed by atoms with Crippen molar-refractivity contribution in [2.45, 2.75) is 51.6 Å². The van der Waals surface area contributed by atoms with Gasteiger partial charge in [0.2, 0.25) is 0 Å². The van der Waals surface area contributed by atoms with Gasteiger partial charge in [0.25, 0.3) is 0 Å². The summed E-state index contributed by atoms with van der Waals surface area (Å²) in [6.45, 7) is 7.94. The van der Waals surface area contributed by atoms with Crippen LogP contribution in [0.15, 0.2) is 30.3 Å². The minimum absolute atomic E-state index is 0.0690. The zero-order valence-corrected chi connectivity index (χ0v) is 15.4. The van der Waals surface area contributed by atoms with Gasteiger partial charge in [0.15, 0.2) is 0 Å². The van der Waals surface area contributed by atoms with Crippen LogP contribution in [0.1, 0.15) is 39.7 Å². The monoisotopic (exact) mass is 340 g/mol. The minimum Gasteiger partial charge on any atom is -0.336 e. The van der Waals surface area contributed by atoms with Crippen LogP contribution < -0.4 is 10.6 Å². The van der Waals surface area contributed by atoms with Gasteiger partial charge in [-0.25, -0.2) is 13.2 Å². The summed E-state index contributed by atoms with van der Waals surface area (Å²) >= 11 is 0. The van der Waals surface area contributed by atoms with Gasteiger partial charge < -0.3 is 10.6 Å². The Balaban J connectivity index is 2.56. The predicted octanol–water partition coefficient (Wildman–Crippen LogP) is 2.48. The normalized spacial score (nSPS) is 14.8. The van der Waals surface area contributed by atoms with Crippen LogP contribution in [0.2, 0.25) is 0 Å².